The van der Waals surface area contributed by atoms with Crippen LogP contribution in [0.25, 0.3) is 0 Å². The highest BCUT2D eigenvalue weighted by Crippen LogP contribution is 2.44. The molecule has 10 rings (SSSR count). The molecule has 6 heterocycles. The number of hydrogen-bond donors (Lipinski definition) is 15. The minimum Gasteiger partial charge on any atom is -0.396 e. The Labute approximate surface area is 644 Å². The molecule has 6 saturated heterocycles. The minimum absolute atomic E-state index is 0.0226. The molecule has 0 bridgehead atoms. The van der Waals surface area contributed by atoms with E-state index in [9.17, 15) is 79.5 Å². The lowest BCUT2D eigenvalue weighted by Crippen LogP contribution is -2.67. The summed E-state index contributed by atoms with van der Waals surface area (Å²) in [6.45, 7) is 12.6. The molecule has 6 aliphatic heterocycles. The average Bonchev–Trinajstić information content (AvgIpc) is 0.776. The van der Waals surface area contributed by atoms with Crippen LogP contribution in [-0.4, -0.2) is 316 Å². The maximum Gasteiger partial charge on any atom is 0.314 e. The maximum absolute atomic E-state index is 14.4. The third-order valence-corrected chi connectivity index (χ3v) is 24.6. The smallest absolute Gasteiger partial charge is 0.314 e. The number of carbonyl (C=O) groups is 7. The lowest BCUT2D eigenvalue weighted by molar-refractivity contribution is -0.338. The van der Waals surface area contributed by atoms with Crippen molar-refractivity contribution in [2.24, 2.45) is 35.5 Å². The van der Waals surface area contributed by atoms with Gasteiger partial charge in [0.15, 0.2) is 25.2 Å². The summed E-state index contributed by atoms with van der Waals surface area (Å²) in [5.74, 6) is -4.45. The van der Waals surface area contributed by atoms with E-state index in [-0.39, 0.29) is 81.9 Å². The van der Waals surface area contributed by atoms with Gasteiger partial charge in [0, 0.05) is 84.6 Å². The number of nitrogens with zero attached hydrogens (tertiary/aromatic N) is 2. The molecule has 0 aromatic rings. The molecule has 0 aromatic heterocycles. The van der Waals surface area contributed by atoms with Crippen molar-refractivity contribution in [2.45, 2.75) is 343 Å². The fourth-order valence-corrected chi connectivity index (χ4v) is 17.9. The van der Waals surface area contributed by atoms with Crippen molar-refractivity contribution >= 4 is 41.5 Å². The molecule has 10 fully saturated rings. The quantitative estimate of drug-likeness (QED) is 0.0362. The summed E-state index contributed by atoms with van der Waals surface area (Å²) in [6, 6.07) is -3.08. The Morgan fingerprint density at radius 2 is 0.818 bits per heavy atom. The van der Waals surface area contributed by atoms with E-state index in [0.717, 1.165) is 77.0 Å². The van der Waals surface area contributed by atoms with Crippen LogP contribution in [0.5, 0.6) is 0 Å². The SMILES string of the molecule is CC[C@H]1C[C@@H](C(=O)NCCNC(=O)NCCNC(=O)[C@@H]2C[C@H](CC)[C@@H](O[C@@H]3O[C@@H](C)[C@@H](O)[C@@H](O)[C@@H]3O)[C@H](O[C@@H]3O[C@H](CCO)[C@H](O)[C@H](O[C@@H](CC4CCCCC4)C(=O)N4CCC4)[C@H]3NC(C)=O)C2)C[C@@H](O[C@@H]2O[C@H](C)[C@H](O)[C@H](O[C@@H](CC3CCCCC3)C(=O)N3CCC3)[C@H]2NC(C)=O)[C@@H]1O[C@@H]1O[C@@H](C)[C@@H](O)[C@@H](O)[C@@H]1O. The monoisotopic (exact) mass is 1570 g/mol. The number of carbonyl (C=O) groups excluding carboxylic acids is 7. The molecule has 34 nitrogen and oxygen atoms in total. The summed E-state index contributed by atoms with van der Waals surface area (Å²) < 4.78 is 65.2. The largest absolute Gasteiger partial charge is 0.396 e. The van der Waals surface area contributed by atoms with Crippen LogP contribution in [0.15, 0.2) is 0 Å². The van der Waals surface area contributed by atoms with Gasteiger partial charge >= 0.3 is 6.03 Å². The van der Waals surface area contributed by atoms with Gasteiger partial charge in [-0.1, -0.05) is 90.9 Å². The molecule has 110 heavy (non-hydrogen) atoms. The lowest BCUT2D eigenvalue weighted by atomic mass is 9.75. The molecule has 4 saturated carbocycles. The first kappa shape index (κ1) is 87.7. The molecule has 4 aliphatic carbocycles. The molecule has 34 heteroatoms. The van der Waals surface area contributed by atoms with Crippen molar-refractivity contribution in [3.8, 4) is 0 Å². The van der Waals surface area contributed by atoms with E-state index in [0.29, 0.717) is 51.9 Å². The van der Waals surface area contributed by atoms with Crippen LogP contribution in [0.4, 0.5) is 4.79 Å². The second kappa shape index (κ2) is 41.3. The van der Waals surface area contributed by atoms with Crippen molar-refractivity contribution in [1.29, 1.82) is 0 Å². The summed E-state index contributed by atoms with van der Waals surface area (Å²) in [5.41, 5.74) is 0. The first-order valence-corrected chi connectivity index (χ1v) is 41.0. The van der Waals surface area contributed by atoms with Gasteiger partial charge in [-0.3, -0.25) is 28.8 Å². The van der Waals surface area contributed by atoms with Gasteiger partial charge in [-0.25, -0.2) is 4.79 Å². The summed E-state index contributed by atoms with van der Waals surface area (Å²) in [5, 5.41) is 117. The topological polar surface area (TPSA) is 473 Å². The number of rotatable bonds is 32. The first-order chi connectivity index (χ1) is 52.7. The number of aliphatic hydroxyl groups excluding tert-OH is 9. The van der Waals surface area contributed by atoms with Crippen molar-refractivity contribution in [2.75, 3.05) is 59.0 Å². The van der Waals surface area contributed by atoms with Gasteiger partial charge in [0.2, 0.25) is 23.6 Å². The molecule has 30 atom stereocenters. The Morgan fingerprint density at radius 3 is 1.20 bits per heavy atom. The Kier molecular flexibility index (Phi) is 32.9. The highest BCUT2D eigenvalue weighted by Gasteiger charge is 2.56. The third kappa shape index (κ3) is 22.3. The molecule has 628 valence electrons. The van der Waals surface area contributed by atoms with Gasteiger partial charge in [-0.05, 0) is 102 Å². The predicted molar refractivity (Wildman–Crippen MR) is 389 cm³/mol. The van der Waals surface area contributed by atoms with E-state index >= 15 is 0 Å². The van der Waals surface area contributed by atoms with Crippen molar-refractivity contribution in [3.63, 3.8) is 0 Å². The van der Waals surface area contributed by atoms with E-state index in [4.69, 9.17) is 47.4 Å². The molecule has 8 amide bonds. The van der Waals surface area contributed by atoms with Crippen LogP contribution in [0, 0.1) is 35.5 Å². The number of aliphatic hydroxyl groups is 9. The van der Waals surface area contributed by atoms with E-state index in [1.165, 1.54) is 27.7 Å². The van der Waals surface area contributed by atoms with Gasteiger partial charge in [0.25, 0.3) is 11.8 Å². The van der Waals surface area contributed by atoms with Crippen LogP contribution in [0.3, 0.4) is 0 Å². The lowest BCUT2D eigenvalue weighted by Gasteiger charge is -2.49. The van der Waals surface area contributed by atoms with E-state index in [1.807, 2.05) is 13.8 Å². The molecule has 0 aromatic carbocycles. The summed E-state index contributed by atoms with van der Waals surface area (Å²) in [4.78, 5) is 100. The van der Waals surface area contributed by atoms with Gasteiger partial charge in [-0.15, -0.1) is 0 Å². The van der Waals surface area contributed by atoms with Crippen molar-refractivity contribution in [3.05, 3.63) is 0 Å². The zero-order valence-electron chi connectivity index (χ0n) is 65.0. The van der Waals surface area contributed by atoms with Crippen LogP contribution >= 0.6 is 0 Å². The molecular weight excluding hydrogens is 1440 g/mol. The van der Waals surface area contributed by atoms with Gasteiger partial charge in [-0.2, -0.15) is 0 Å². The van der Waals surface area contributed by atoms with E-state index < -0.39 is 219 Å². The van der Waals surface area contributed by atoms with E-state index in [2.05, 4.69) is 31.9 Å². The number of hydrogen-bond acceptors (Lipinski definition) is 26. The Balaban J connectivity index is 0.778. The second-order valence-electron chi connectivity index (χ2n) is 32.6. The Hall–Kier alpha value is -4.67. The standard InChI is InChI=1S/C76H128N8O26/c1-8-45-34-47(36-50(64(45)109-74-62(94)60(92)56(88)38(3)102-74)107-72-54(81-41(6)86)66(58(90)40(5)101-72)104-52(70(98)83-27-16-28-83)32-43-18-12-10-13-19-43)68(96)77-23-25-79-76(100)80-26-24-78-69(97)48-35-46(9-2)65(110-75-63(95)61(93)57(89)39(4)103-75)51(37-48)108-73-55(82-42(7)87)67(59(91)49(106-73)22-31-85)105-53(71(99)84-29-17-30-84)33-44-20-14-11-15-21-44/h38-40,43-67,72-75,85,88-95H,8-37H2,1-7H3,(H,77,96)(H,78,97)(H,81,86)(H,82,87)(H2,79,80,100)/t38-,39-,40+,45-,46-,47+,48+,49+,50+,51+,52-,53-,54+,55+,56+,57+,58-,59-,60+,61+,62-,63-,64+,65+,66+,67+,72-,73-,74-,75-/m0/s1. The Morgan fingerprint density at radius 1 is 0.436 bits per heavy atom. The van der Waals surface area contributed by atoms with Gasteiger partial charge in [0.1, 0.15) is 85.3 Å². The third-order valence-electron chi connectivity index (χ3n) is 24.6. The molecule has 0 unspecified atom stereocenters. The highest BCUT2D eigenvalue weighted by molar-refractivity contribution is 5.83. The van der Waals surface area contributed by atoms with Crippen LogP contribution in [-0.2, 0) is 76.1 Å². The van der Waals surface area contributed by atoms with Crippen LogP contribution in [0.2, 0.25) is 0 Å². The number of nitrogens with one attached hydrogen (secondary N) is 6. The molecular formula is C76H128N8O26. The van der Waals surface area contributed by atoms with Crippen LogP contribution < -0.4 is 31.9 Å². The molecule has 0 radical (unpaired) electrons. The first-order valence-electron chi connectivity index (χ1n) is 41.0. The second-order valence-corrected chi connectivity index (χ2v) is 32.6. The van der Waals surface area contributed by atoms with Gasteiger partial charge in [0.05, 0.1) is 48.8 Å². The fraction of sp³-hybridized carbons (Fsp3) is 0.908. The molecule has 15 N–H and O–H groups in total. The molecule has 0 spiro atoms. The Bertz CT molecular complexity index is 2950. The maximum atomic E-state index is 14.4. The summed E-state index contributed by atoms with van der Waals surface area (Å²) >= 11 is 0. The zero-order chi connectivity index (χ0) is 79.2. The van der Waals surface area contributed by atoms with Crippen LogP contribution in [0.1, 0.15) is 183 Å². The predicted octanol–water partition coefficient (Wildman–Crippen LogP) is -0.918. The van der Waals surface area contributed by atoms with Crippen molar-refractivity contribution < 1.29 is 127 Å². The minimum atomic E-state index is -1.72. The highest BCUT2D eigenvalue weighted by atomic mass is 16.7. The number of likely N-dealkylation sites (tertiary alicyclic amines) is 2. The van der Waals surface area contributed by atoms with Crippen molar-refractivity contribution in [1.82, 2.24) is 41.7 Å². The number of amides is 8. The summed E-state index contributed by atoms with van der Waals surface area (Å²) in [6.07, 6.45) is -17.3. The average molecular weight is 1570 g/mol. The normalized spacial score (nSPS) is 39.2. The fourth-order valence-electron chi connectivity index (χ4n) is 17.9. The molecule has 10 aliphatic rings. The zero-order valence-corrected chi connectivity index (χ0v) is 65.0. The van der Waals surface area contributed by atoms with E-state index in [1.54, 1.807) is 16.7 Å². The van der Waals surface area contributed by atoms with Gasteiger partial charge < -0.3 is 135 Å². The number of urea groups is 1. The number of ether oxygens (including phenoxy) is 10. The summed E-state index contributed by atoms with van der Waals surface area (Å²) in [7, 11) is 0.